The van der Waals surface area contributed by atoms with Gasteiger partial charge in [0.25, 0.3) is 5.91 Å². The molecule has 53 heavy (non-hydrogen) atoms. The summed E-state index contributed by atoms with van der Waals surface area (Å²) >= 11 is 0. The topological polar surface area (TPSA) is 166 Å². The predicted molar refractivity (Wildman–Crippen MR) is 201 cm³/mol. The quantitative estimate of drug-likeness (QED) is 0.192. The molecule has 3 saturated carbocycles. The zero-order chi connectivity index (χ0) is 37.9. The van der Waals surface area contributed by atoms with Crippen molar-refractivity contribution in [3.8, 4) is 0 Å². The first-order valence-corrected chi connectivity index (χ1v) is 20.3. The Kier molecular flexibility index (Phi) is 12.1. The van der Waals surface area contributed by atoms with E-state index >= 15 is 0 Å². The molecule has 12 nitrogen and oxygen atoms in total. The number of ketones is 1. The fourth-order valence-corrected chi connectivity index (χ4v) is 9.08. The van der Waals surface area contributed by atoms with Crippen LogP contribution in [-0.2, 0) is 35.2 Å². The number of likely N-dealkylation sites (tertiary alicyclic amines) is 1. The molecule has 0 unspecified atom stereocenters. The number of carbonyl (C=O) groups is 6. The Hall–Kier alpha value is -3.96. The zero-order valence-electron chi connectivity index (χ0n) is 32.0. The van der Waals surface area contributed by atoms with Crippen molar-refractivity contribution in [2.75, 3.05) is 5.32 Å². The first-order valence-electron chi connectivity index (χ1n) is 20.3. The van der Waals surface area contributed by atoms with Gasteiger partial charge in [-0.25, -0.2) is 0 Å². The maximum atomic E-state index is 14.9. The highest BCUT2D eigenvalue weighted by Crippen LogP contribution is 2.41. The van der Waals surface area contributed by atoms with Crippen LogP contribution in [0.4, 0.5) is 5.69 Å². The van der Waals surface area contributed by atoms with Gasteiger partial charge in [-0.3, -0.25) is 28.8 Å². The molecule has 5 N–H and O–H groups in total. The van der Waals surface area contributed by atoms with E-state index in [4.69, 9.17) is 0 Å². The highest BCUT2D eigenvalue weighted by molar-refractivity contribution is 6.38. The van der Waals surface area contributed by atoms with Crippen LogP contribution in [0, 0.1) is 17.3 Å². The Morgan fingerprint density at radius 1 is 0.849 bits per heavy atom. The summed E-state index contributed by atoms with van der Waals surface area (Å²) in [6.07, 6.45) is 11.8. The van der Waals surface area contributed by atoms with Gasteiger partial charge in [-0.1, -0.05) is 84.4 Å². The van der Waals surface area contributed by atoms with Crippen molar-refractivity contribution in [2.24, 2.45) is 17.3 Å². The Balaban J connectivity index is 1.21. The minimum absolute atomic E-state index is 0.0163. The van der Waals surface area contributed by atoms with E-state index in [1.165, 1.54) is 0 Å². The van der Waals surface area contributed by atoms with Crippen LogP contribution in [0.2, 0.25) is 0 Å². The molecule has 2 heterocycles. The molecule has 5 amide bonds. The largest absolute Gasteiger partial charge is 0.373 e. The number of carbonyl (C=O) groups excluding carboxylic acids is 6. The third-order valence-electron chi connectivity index (χ3n) is 12.2. The van der Waals surface area contributed by atoms with Crippen LogP contribution < -0.4 is 26.6 Å². The van der Waals surface area contributed by atoms with Gasteiger partial charge in [0.05, 0.1) is 6.04 Å². The van der Waals surface area contributed by atoms with Crippen molar-refractivity contribution < 1.29 is 28.8 Å². The van der Waals surface area contributed by atoms with E-state index in [0.717, 1.165) is 81.9 Å². The molecule has 5 aliphatic rings. The second kappa shape index (κ2) is 16.6. The van der Waals surface area contributed by atoms with E-state index in [-0.39, 0.29) is 41.6 Å². The number of rotatable bonds is 13. The third kappa shape index (κ3) is 9.06. The molecule has 0 bridgehead atoms. The van der Waals surface area contributed by atoms with Crippen molar-refractivity contribution in [2.45, 2.75) is 166 Å². The first-order chi connectivity index (χ1) is 25.3. The third-order valence-corrected chi connectivity index (χ3v) is 12.2. The van der Waals surface area contributed by atoms with E-state index < -0.39 is 53.2 Å². The van der Waals surface area contributed by atoms with Crippen molar-refractivity contribution in [1.29, 1.82) is 0 Å². The van der Waals surface area contributed by atoms with Crippen LogP contribution in [-0.4, -0.2) is 82.5 Å². The second-order valence-corrected chi connectivity index (χ2v) is 17.3. The normalized spacial score (nSPS) is 25.8. The Labute approximate surface area is 314 Å². The summed E-state index contributed by atoms with van der Waals surface area (Å²) in [6.45, 7) is 7.61. The molecule has 1 aromatic rings. The van der Waals surface area contributed by atoms with Crippen molar-refractivity contribution >= 4 is 41.0 Å². The summed E-state index contributed by atoms with van der Waals surface area (Å²) < 4.78 is 0. The molecular weight excluding hydrogens is 672 g/mol. The van der Waals surface area contributed by atoms with Gasteiger partial charge in [0.1, 0.15) is 24.2 Å². The predicted octanol–water partition coefficient (Wildman–Crippen LogP) is 3.91. The second-order valence-electron chi connectivity index (χ2n) is 17.3. The zero-order valence-corrected chi connectivity index (χ0v) is 32.0. The Bertz CT molecular complexity index is 1520. The fourth-order valence-electron chi connectivity index (χ4n) is 9.08. The van der Waals surface area contributed by atoms with Gasteiger partial charge >= 0.3 is 0 Å². The molecule has 12 heteroatoms. The van der Waals surface area contributed by atoms with Crippen molar-refractivity contribution in [1.82, 2.24) is 26.2 Å². The number of Topliss-reactive ketones (excluding diaryl/α,β-unsaturated/α-hetero) is 1. The monoisotopic (exact) mass is 732 g/mol. The van der Waals surface area contributed by atoms with Gasteiger partial charge in [0, 0.05) is 24.2 Å². The van der Waals surface area contributed by atoms with E-state index in [0.29, 0.717) is 25.7 Å². The van der Waals surface area contributed by atoms with Gasteiger partial charge in [-0.05, 0) is 80.2 Å². The summed E-state index contributed by atoms with van der Waals surface area (Å²) in [7, 11) is 0. The minimum Gasteiger partial charge on any atom is -0.373 e. The van der Waals surface area contributed by atoms with Crippen LogP contribution in [0.3, 0.4) is 0 Å². The van der Waals surface area contributed by atoms with E-state index in [2.05, 4.69) is 26.6 Å². The molecule has 7 atom stereocenters. The summed E-state index contributed by atoms with van der Waals surface area (Å²) in [5, 5.41) is 15.1. The average Bonchev–Trinajstić information content (AvgIpc) is 3.70. The summed E-state index contributed by atoms with van der Waals surface area (Å²) in [5.41, 5.74) is 1.25. The van der Waals surface area contributed by atoms with Crippen LogP contribution in [0.15, 0.2) is 24.3 Å². The smallest absolute Gasteiger partial charge is 0.289 e. The number of nitrogens with zero attached hydrogens (tertiary/aromatic N) is 1. The lowest BCUT2D eigenvalue weighted by atomic mass is 9.81. The van der Waals surface area contributed by atoms with Gasteiger partial charge in [-0.15, -0.1) is 0 Å². The van der Waals surface area contributed by atoms with Crippen LogP contribution in [0.1, 0.15) is 123 Å². The molecule has 6 rings (SSSR count). The number of fused-ring (bicyclic) bond motifs is 2. The molecule has 2 aliphatic heterocycles. The maximum absolute atomic E-state index is 14.9. The van der Waals surface area contributed by atoms with E-state index in [1.807, 2.05) is 52.0 Å². The molecule has 0 radical (unpaired) electrons. The molecule has 4 fully saturated rings. The number of nitrogens with one attached hydrogen (secondary N) is 5. The SMILES string of the molecule is CCC[C@H](NC(=O)[C@@H]1C[C@@H]2CCCC[C@@H]2N1C(=O)[C@@H](NC(=O)[C@@H](NC(=O)[C@@H]1Cc2ccccc2N1)C1CCCCC1)C(C)(C)C)C(=O)C(=O)NC1CC1. The van der Waals surface area contributed by atoms with E-state index in [9.17, 15) is 28.8 Å². The maximum Gasteiger partial charge on any atom is 0.289 e. The Morgan fingerprint density at radius 3 is 2.23 bits per heavy atom. The van der Waals surface area contributed by atoms with E-state index in [1.54, 1.807) is 4.90 Å². The molecule has 3 aliphatic carbocycles. The van der Waals surface area contributed by atoms with Gasteiger partial charge in [0.2, 0.25) is 29.4 Å². The number of anilines is 1. The van der Waals surface area contributed by atoms with Crippen LogP contribution in [0.5, 0.6) is 0 Å². The summed E-state index contributed by atoms with van der Waals surface area (Å²) in [4.78, 5) is 84.9. The van der Waals surface area contributed by atoms with Crippen molar-refractivity contribution in [3.05, 3.63) is 29.8 Å². The molecule has 1 aromatic carbocycles. The molecule has 290 valence electrons. The molecular formula is C41H60N6O6. The molecule has 0 aromatic heterocycles. The summed E-state index contributed by atoms with van der Waals surface area (Å²) in [6, 6.07) is 3.57. The summed E-state index contributed by atoms with van der Waals surface area (Å²) in [5.74, 6) is -2.67. The lowest BCUT2D eigenvalue weighted by molar-refractivity contribution is -0.147. The number of hydrogen-bond donors (Lipinski definition) is 5. The van der Waals surface area contributed by atoms with Crippen molar-refractivity contribution in [3.63, 3.8) is 0 Å². The standard InChI is InChI=1S/C41H60N6O6/c1-5-13-29(34(48)39(52)42-27-20-21-27)44-37(50)32-23-26-17-10-12-19-31(26)47(32)40(53)35(41(2,3)4)46-38(51)33(24-14-7-6-8-15-24)45-36(49)30-22-25-16-9-11-18-28(25)43-30/h9,11,16,18,24,26-27,29-33,35,43H,5-8,10,12-15,17,19-23H2,1-4H3,(H,42,52)(H,44,50)(H,45,49)(H,46,51)/t26-,29-,30-,31-,32-,33-,35+/m0/s1. The number of para-hydroxylation sites is 1. The highest BCUT2D eigenvalue weighted by Gasteiger charge is 2.51. The van der Waals surface area contributed by atoms with Crippen LogP contribution >= 0.6 is 0 Å². The van der Waals surface area contributed by atoms with Gasteiger partial charge in [0.15, 0.2) is 0 Å². The van der Waals surface area contributed by atoms with Crippen LogP contribution in [0.25, 0.3) is 0 Å². The van der Waals surface area contributed by atoms with Gasteiger partial charge in [-0.2, -0.15) is 0 Å². The number of hydrogen-bond acceptors (Lipinski definition) is 7. The highest BCUT2D eigenvalue weighted by atomic mass is 16.2. The fraction of sp³-hybridized carbons (Fsp3) is 0.707. The molecule has 0 spiro atoms. The lowest BCUT2D eigenvalue weighted by Gasteiger charge is -2.40. The average molecular weight is 733 g/mol. The Morgan fingerprint density at radius 2 is 1.55 bits per heavy atom. The number of benzene rings is 1. The molecule has 1 saturated heterocycles. The first kappa shape index (κ1) is 38.8. The number of amides is 5. The minimum atomic E-state index is -0.981. The lowest BCUT2D eigenvalue weighted by Crippen LogP contribution is -2.63. The van der Waals surface area contributed by atoms with Gasteiger partial charge < -0.3 is 31.5 Å².